The number of nitrogens with zero attached hydrogens (tertiary/aromatic N) is 1. The predicted octanol–water partition coefficient (Wildman–Crippen LogP) is 2.18. The lowest BCUT2D eigenvalue weighted by molar-refractivity contribution is 0.101. The first kappa shape index (κ1) is 8.74. The summed E-state index contributed by atoms with van der Waals surface area (Å²) >= 11 is 0. The van der Waals surface area contributed by atoms with Crippen LogP contribution in [0.25, 0.3) is 11.5 Å². The van der Waals surface area contributed by atoms with E-state index in [1.54, 1.807) is 6.07 Å². The van der Waals surface area contributed by atoms with Gasteiger partial charge in [0.25, 0.3) is 0 Å². The summed E-state index contributed by atoms with van der Waals surface area (Å²) in [6.45, 7) is 3.35. The number of aromatic nitrogens is 2. The Morgan fingerprint density at radius 1 is 1.50 bits per heavy atom. The summed E-state index contributed by atoms with van der Waals surface area (Å²) in [5.41, 5.74) is 1.15. The van der Waals surface area contributed by atoms with Crippen LogP contribution in [0.1, 0.15) is 23.2 Å². The second-order valence-corrected chi connectivity index (χ2v) is 3.13. The molecule has 0 saturated heterocycles. The van der Waals surface area contributed by atoms with Crippen molar-refractivity contribution in [3.63, 3.8) is 0 Å². The second-order valence-electron chi connectivity index (χ2n) is 3.13. The summed E-state index contributed by atoms with van der Waals surface area (Å²) in [5.74, 6) is 1.47. The number of furan rings is 1. The fraction of sp³-hybridized carbons (Fsp3) is 0.200. The number of hydrogen-bond acceptors (Lipinski definition) is 3. The van der Waals surface area contributed by atoms with Crippen molar-refractivity contribution in [2.24, 2.45) is 0 Å². The third-order valence-corrected chi connectivity index (χ3v) is 1.94. The Bertz CT molecular complexity index is 468. The van der Waals surface area contributed by atoms with Crippen LogP contribution in [0, 0.1) is 6.92 Å². The average molecular weight is 190 g/mol. The van der Waals surface area contributed by atoms with Crippen molar-refractivity contribution < 1.29 is 9.21 Å². The van der Waals surface area contributed by atoms with E-state index in [0.29, 0.717) is 11.5 Å². The number of hydrogen-bond donors (Lipinski definition) is 1. The number of carbonyl (C=O) groups excluding carboxylic acids is 1. The number of carbonyl (C=O) groups is 1. The van der Waals surface area contributed by atoms with Crippen LogP contribution in [-0.4, -0.2) is 16.0 Å². The molecule has 0 aliphatic heterocycles. The Balaban J connectivity index is 2.38. The van der Waals surface area contributed by atoms with Crippen molar-refractivity contribution >= 4 is 5.78 Å². The second kappa shape index (κ2) is 3.14. The Labute approximate surface area is 80.9 Å². The van der Waals surface area contributed by atoms with Gasteiger partial charge < -0.3 is 4.42 Å². The van der Waals surface area contributed by atoms with Gasteiger partial charge >= 0.3 is 0 Å². The molecule has 0 unspecified atom stereocenters. The van der Waals surface area contributed by atoms with Crippen molar-refractivity contribution in [1.82, 2.24) is 10.2 Å². The molecule has 72 valence electrons. The number of H-pyrrole nitrogens is 1. The van der Waals surface area contributed by atoms with Gasteiger partial charge in [0.15, 0.2) is 11.5 Å². The maximum Gasteiger partial charge on any atom is 0.179 e. The van der Waals surface area contributed by atoms with Gasteiger partial charge in [-0.05, 0) is 25.1 Å². The van der Waals surface area contributed by atoms with Gasteiger partial charge in [0.2, 0.25) is 0 Å². The summed E-state index contributed by atoms with van der Waals surface area (Å²) in [5, 5.41) is 6.62. The molecule has 0 spiro atoms. The molecule has 2 aromatic heterocycles. The summed E-state index contributed by atoms with van der Waals surface area (Å²) in [6, 6.07) is 5.39. The molecule has 4 heteroatoms. The average Bonchev–Trinajstić information content (AvgIpc) is 2.70. The van der Waals surface area contributed by atoms with Crippen LogP contribution < -0.4 is 0 Å². The highest BCUT2D eigenvalue weighted by Crippen LogP contribution is 2.20. The number of aromatic amines is 1. The van der Waals surface area contributed by atoms with E-state index in [-0.39, 0.29) is 5.78 Å². The molecule has 1 N–H and O–H groups in total. The van der Waals surface area contributed by atoms with Gasteiger partial charge in [-0.15, -0.1) is 0 Å². The number of aryl methyl sites for hydroxylation is 1. The van der Waals surface area contributed by atoms with Gasteiger partial charge in [-0.1, -0.05) is 0 Å². The van der Waals surface area contributed by atoms with E-state index < -0.39 is 0 Å². The molecule has 0 radical (unpaired) electrons. The normalized spacial score (nSPS) is 10.4. The largest absolute Gasteiger partial charge is 0.460 e. The number of Topliss-reactive ketones (excluding diaryl/α,β-unsaturated/α-hetero) is 1. The van der Waals surface area contributed by atoms with E-state index in [0.717, 1.165) is 11.5 Å². The molecule has 0 atom stereocenters. The molecule has 0 fully saturated rings. The monoisotopic (exact) mass is 190 g/mol. The highest BCUT2D eigenvalue weighted by atomic mass is 16.3. The van der Waals surface area contributed by atoms with Gasteiger partial charge in [0.05, 0.1) is 0 Å². The summed E-state index contributed by atoms with van der Waals surface area (Å²) in [6.07, 6.45) is 0. The van der Waals surface area contributed by atoms with Crippen molar-refractivity contribution in [2.75, 3.05) is 0 Å². The fourth-order valence-corrected chi connectivity index (χ4v) is 1.21. The van der Waals surface area contributed by atoms with Crippen molar-refractivity contribution in [3.8, 4) is 11.5 Å². The molecule has 0 aliphatic rings. The molecule has 4 nitrogen and oxygen atoms in total. The molecule has 2 rings (SSSR count). The first-order valence-corrected chi connectivity index (χ1v) is 4.30. The Hall–Kier alpha value is -1.84. The summed E-state index contributed by atoms with van der Waals surface area (Å²) in [7, 11) is 0. The minimum Gasteiger partial charge on any atom is -0.460 e. The minimum absolute atomic E-state index is 0.0595. The maximum atomic E-state index is 11.0. The van der Waals surface area contributed by atoms with E-state index in [2.05, 4.69) is 10.2 Å². The van der Waals surface area contributed by atoms with E-state index in [4.69, 9.17) is 4.42 Å². The SMILES string of the molecule is CC(=O)c1cc(-c2ccc(C)o2)[nH]n1. The molecule has 2 aromatic rings. The smallest absolute Gasteiger partial charge is 0.179 e. The summed E-state index contributed by atoms with van der Waals surface area (Å²) < 4.78 is 5.38. The van der Waals surface area contributed by atoms with Crippen molar-refractivity contribution in [3.05, 3.63) is 29.7 Å². The van der Waals surface area contributed by atoms with Gasteiger partial charge in [-0.2, -0.15) is 5.10 Å². The molecule has 0 aromatic carbocycles. The van der Waals surface area contributed by atoms with E-state index in [1.807, 2.05) is 19.1 Å². The van der Waals surface area contributed by atoms with E-state index in [1.165, 1.54) is 6.92 Å². The molecule has 2 heterocycles. The first-order valence-electron chi connectivity index (χ1n) is 4.30. The summed E-state index contributed by atoms with van der Waals surface area (Å²) in [4.78, 5) is 11.0. The van der Waals surface area contributed by atoms with Crippen LogP contribution in [-0.2, 0) is 0 Å². The molecular formula is C10H10N2O2. The Morgan fingerprint density at radius 2 is 2.29 bits per heavy atom. The third-order valence-electron chi connectivity index (χ3n) is 1.94. The topological polar surface area (TPSA) is 58.9 Å². The zero-order chi connectivity index (χ0) is 10.1. The number of ketones is 1. The van der Waals surface area contributed by atoms with E-state index >= 15 is 0 Å². The van der Waals surface area contributed by atoms with Gasteiger partial charge in [-0.3, -0.25) is 9.89 Å². The van der Waals surface area contributed by atoms with Crippen LogP contribution in [0.5, 0.6) is 0 Å². The number of rotatable bonds is 2. The van der Waals surface area contributed by atoms with E-state index in [9.17, 15) is 4.79 Å². The van der Waals surface area contributed by atoms with Crippen molar-refractivity contribution in [2.45, 2.75) is 13.8 Å². The Kier molecular flexibility index (Phi) is 1.96. The van der Waals surface area contributed by atoms with Crippen LogP contribution in [0.2, 0.25) is 0 Å². The van der Waals surface area contributed by atoms with Crippen molar-refractivity contribution in [1.29, 1.82) is 0 Å². The van der Waals surface area contributed by atoms with Crippen LogP contribution in [0.4, 0.5) is 0 Å². The quantitative estimate of drug-likeness (QED) is 0.738. The van der Waals surface area contributed by atoms with Crippen LogP contribution in [0.15, 0.2) is 22.6 Å². The van der Waals surface area contributed by atoms with Crippen LogP contribution in [0.3, 0.4) is 0 Å². The zero-order valence-electron chi connectivity index (χ0n) is 8.00. The highest BCUT2D eigenvalue weighted by Gasteiger charge is 2.09. The lowest BCUT2D eigenvalue weighted by Gasteiger charge is -1.87. The number of nitrogens with one attached hydrogen (secondary N) is 1. The van der Waals surface area contributed by atoms with Gasteiger partial charge in [0.1, 0.15) is 17.1 Å². The molecular weight excluding hydrogens is 180 g/mol. The molecule has 0 bridgehead atoms. The lowest BCUT2D eigenvalue weighted by atomic mass is 10.2. The zero-order valence-corrected chi connectivity index (χ0v) is 8.00. The van der Waals surface area contributed by atoms with Gasteiger partial charge in [-0.25, -0.2) is 0 Å². The predicted molar refractivity (Wildman–Crippen MR) is 51.0 cm³/mol. The molecule has 14 heavy (non-hydrogen) atoms. The lowest BCUT2D eigenvalue weighted by Crippen LogP contribution is -1.90. The van der Waals surface area contributed by atoms with Gasteiger partial charge in [0, 0.05) is 6.92 Å². The third kappa shape index (κ3) is 1.46. The molecule has 0 saturated carbocycles. The maximum absolute atomic E-state index is 11.0. The fourth-order valence-electron chi connectivity index (χ4n) is 1.21. The highest BCUT2D eigenvalue weighted by molar-refractivity contribution is 5.92. The standard InChI is InChI=1S/C10H10N2O2/c1-6-3-4-10(14-6)9-5-8(7(2)13)11-12-9/h3-5H,1-2H3,(H,11,12). The molecule has 0 aliphatic carbocycles. The van der Waals surface area contributed by atoms with Crippen LogP contribution >= 0.6 is 0 Å². The molecule has 0 amide bonds. The first-order chi connectivity index (χ1) is 6.66. The Morgan fingerprint density at radius 3 is 2.79 bits per heavy atom. The minimum atomic E-state index is -0.0595.